The molecule has 4 unspecified atom stereocenters. The van der Waals surface area contributed by atoms with Gasteiger partial charge in [0.1, 0.15) is 0 Å². The van der Waals surface area contributed by atoms with E-state index in [-0.39, 0.29) is 0 Å². The molecule has 3 aromatic carbocycles. The van der Waals surface area contributed by atoms with E-state index in [2.05, 4.69) is 68.4 Å². The first-order chi connectivity index (χ1) is 21.5. The molecule has 3 rings (SSSR count). The Hall–Kier alpha value is -2.56. The lowest BCUT2D eigenvalue weighted by Gasteiger charge is -2.21. The van der Waals surface area contributed by atoms with Crippen LogP contribution in [0.3, 0.4) is 0 Å². The summed E-state index contributed by atoms with van der Waals surface area (Å²) >= 11 is 14.0. The van der Waals surface area contributed by atoms with E-state index in [9.17, 15) is 0 Å². The maximum absolute atomic E-state index is 7.03. The summed E-state index contributed by atoms with van der Waals surface area (Å²) < 4.78 is 25.1. The Kier molecular flexibility index (Phi) is 14.7. The minimum Gasteiger partial charge on any atom is -0.489 e. The largest absolute Gasteiger partial charge is 0.489 e. The van der Waals surface area contributed by atoms with Gasteiger partial charge >= 0.3 is 0 Å². The first kappa shape index (κ1) is 36.9. The van der Waals surface area contributed by atoms with Gasteiger partial charge in [0.15, 0.2) is 23.0 Å². The Morgan fingerprint density at radius 1 is 0.511 bits per heavy atom. The van der Waals surface area contributed by atoms with Gasteiger partial charge in [0.2, 0.25) is 0 Å². The third kappa shape index (κ3) is 10.2. The molecule has 0 spiro atoms. The number of rotatable bonds is 18. The molecule has 0 aromatic heterocycles. The second kappa shape index (κ2) is 18.0. The molecule has 0 saturated heterocycles. The van der Waals surface area contributed by atoms with Crippen molar-refractivity contribution in [2.45, 2.75) is 88.0 Å². The van der Waals surface area contributed by atoms with E-state index in [1.54, 1.807) is 0 Å². The molecule has 4 atom stereocenters. The summed E-state index contributed by atoms with van der Waals surface area (Å²) in [5.41, 5.74) is 4.56. The predicted octanol–water partition coefficient (Wildman–Crippen LogP) is 12.3. The van der Waals surface area contributed by atoms with Crippen LogP contribution in [0.2, 0.25) is 10.0 Å². The second-order valence-electron chi connectivity index (χ2n) is 12.8. The summed E-state index contributed by atoms with van der Waals surface area (Å²) in [6.45, 7) is 22.0. The fourth-order valence-corrected chi connectivity index (χ4v) is 5.07. The fraction of sp³-hybridized carbons (Fsp3) is 0.538. The van der Waals surface area contributed by atoms with E-state index < -0.39 is 0 Å². The normalized spacial score (nSPS) is 14.0. The number of halogens is 2. The van der Waals surface area contributed by atoms with Gasteiger partial charge in [0.25, 0.3) is 0 Å². The zero-order chi connectivity index (χ0) is 33.1. The smallest absolute Gasteiger partial charge is 0.164 e. The van der Waals surface area contributed by atoms with Crippen LogP contribution in [-0.2, 0) is 0 Å². The van der Waals surface area contributed by atoms with Crippen molar-refractivity contribution in [3.8, 4) is 45.3 Å². The van der Waals surface area contributed by atoms with Gasteiger partial charge < -0.3 is 18.9 Å². The maximum atomic E-state index is 7.03. The first-order valence-corrected chi connectivity index (χ1v) is 17.6. The highest BCUT2D eigenvalue weighted by Crippen LogP contribution is 2.44. The highest BCUT2D eigenvalue weighted by Gasteiger charge is 2.20. The Bertz CT molecular complexity index is 1370. The van der Waals surface area contributed by atoms with Gasteiger partial charge in [0.05, 0.1) is 26.4 Å². The van der Waals surface area contributed by atoms with Gasteiger partial charge in [-0.15, -0.1) is 0 Å². The average molecular weight is 658 g/mol. The predicted molar refractivity (Wildman–Crippen MR) is 192 cm³/mol. The van der Waals surface area contributed by atoms with Crippen molar-refractivity contribution in [2.24, 2.45) is 23.7 Å². The topological polar surface area (TPSA) is 36.9 Å². The molecule has 0 aliphatic rings. The first-order valence-electron chi connectivity index (χ1n) is 16.8. The monoisotopic (exact) mass is 656 g/mol. The van der Waals surface area contributed by atoms with Crippen LogP contribution in [0.25, 0.3) is 22.3 Å². The quantitative estimate of drug-likeness (QED) is 0.136. The Morgan fingerprint density at radius 2 is 0.956 bits per heavy atom. The van der Waals surface area contributed by atoms with Crippen molar-refractivity contribution >= 4 is 23.2 Å². The molecule has 45 heavy (non-hydrogen) atoms. The highest BCUT2D eigenvalue weighted by molar-refractivity contribution is 6.37. The molecule has 248 valence electrons. The summed E-state index contributed by atoms with van der Waals surface area (Å²) in [4.78, 5) is 0. The second-order valence-corrected chi connectivity index (χ2v) is 13.7. The third-order valence-corrected chi connectivity index (χ3v) is 9.47. The highest BCUT2D eigenvalue weighted by atomic mass is 35.5. The number of ether oxygens (including phenoxy) is 4. The van der Waals surface area contributed by atoms with E-state index in [4.69, 9.17) is 42.1 Å². The van der Waals surface area contributed by atoms with E-state index >= 15 is 0 Å². The Morgan fingerprint density at radius 3 is 1.51 bits per heavy atom. The fourth-order valence-electron chi connectivity index (χ4n) is 4.53. The zero-order valence-corrected chi connectivity index (χ0v) is 30.4. The van der Waals surface area contributed by atoms with Gasteiger partial charge in [-0.1, -0.05) is 116 Å². The molecule has 0 heterocycles. The average Bonchev–Trinajstić information content (AvgIpc) is 3.05. The molecule has 3 aromatic rings. The molecule has 0 N–H and O–H groups in total. The maximum Gasteiger partial charge on any atom is 0.164 e. The third-order valence-electron chi connectivity index (χ3n) is 8.84. The van der Waals surface area contributed by atoms with Gasteiger partial charge in [-0.2, -0.15) is 0 Å². The summed E-state index contributed by atoms with van der Waals surface area (Å²) in [7, 11) is 0. The summed E-state index contributed by atoms with van der Waals surface area (Å²) in [6, 6.07) is 14.0. The van der Waals surface area contributed by atoms with Crippen LogP contribution < -0.4 is 18.9 Å². The van der Waals surface area contributed by atoms with Crippen molar-refractivity contribution in [1.29, 1.82) is 0 Å². The van der Waals surface area contributed by atoms with Gasteiger partial charge in [-0.05, 0) is 72.1 Å². The van der Waals surface area contributed by atoms with Crippen LogP contribution in [0.5, 0.6) is 23.0 Å². The minimum atomic E-state index is 0.429. The lowest BCUT2D eigenvalue weighted by molar-refractivity contribution is 0.216. The van der Waals surface area contributed by atoms with Crippen LogP contribution in [-0.4, -0.2) is 26.4 Å². The molecular weight excluding hydrogens is 603 g/mol. The summed E-state index contributed by atoms with van der Waals surface area (Å²) in [5, 5.41) is 1.21. The van der Waals surface area contributed by atoms with Crippen LogP contribution in [0, 0.1) is 30.6 Å². The van der Waals surface area contributed by atoms with Gasteiger partial charge in [-0.25, -0.2) is 0 Å². The van der Waals surface area contributed by atoms with Gasteiger partial charge in [-0.3, -0.25) is 0 Å². The molecule has 6 heteroatoms. The minimum absolute atomic E-state index is 0.429. The molecule has 0 radical (unpaired) electrons. The standard InChI is InChI=1S/C39H54Cl2O4/c1-10-25(5)21-42-36-16-14-30(18-38(36)44-23-27(7)12-3)32-19-35(41)33(20-34(32)40)31-15-17-37(43-22-26(6)11-2)39(29(31)9)45-24-28(8)13-4/h14-20,25-28H,10-13,21-24H2,1-9H3. The Labute approximate surface area is 282 Å². The molecule has 0 aliphatic carbocycles. The van der Waals surface area contributed by atoms with Crippen LogP contribution >= 0.6 is 23.2 Å². The van der Waals surface area contributed by atoms with E-state index in [0.29, 0.717) is 60.1 Å². The van der Waals surface area contributed by atoms with Crippen molar-refractivity contribution in [1.82, 2.24) is 0 Å². The van der Waals surface area contributed by atoms with Crippen molar-refractivity contribution in [3.05, 3.63) is 58.1 Å². The molecule has 0 fully saturated rings. The molecule has 0 bridgehead atoms. The van der Waals surface area contributed by atoms with Crippen LogP contribution in [0.4, 0.5) is 0 Å². The lowest BCUT2D eigenvalue weighted by Crippen LogP contribution is -2.12. The van der Waals surface area contributed by atoms with Crippen molar-refractivity contribution in [3.63, 3.8) is 0 Å². The number of hydrogen-bond acceptors (Lipinski definition) is 4. The van der Waals surface area contributed by atoms with Crippen molar-refractivity contribution < 1.29 is 18.9 Å². The van der Waals surface area contributed by atoms with Gasteiger partial charge in [0, 0.05) is 26.7 Å². The summed E-state index contributed by atoms with van der Waals surface area (Å²) in [5.74, 6) is 4.77. The van der Waals surface area contributed by atoms with E-state index in [1.165, 1.54) is 0 Å². The molecule has 0 saturated carbocycles. The zero-order valence-electron chi connectivity index (χ0n) is 28.9. The SMILES string of the molecule is CCC(C)COc1ccc(-c2cc(Cl)c(-c3ccc(OCC(C)CC)c(OCC(C)CC)c3C)cc2Cl)cc1OCC(C)CC. The molecular formula is C39H54Cl2O4. The van der Waals surface area contributed by atoms with Crippen LogP contribution in [0.1, 0.15) is 86.6 Å². The lowest BCUT2D eigenvalue weighted by atomic mass is 9.96. The number of hydrogen-bond donors (Lipinski definition) is 0. The van der Waals surface area contributed by atoms with E-state index in [0.717, 1.165) is 76.5 Å². The van der Waals surface area contributed by atoms with Crippen LogP contribution in [0.15, 0.2) is 42.5 Å². The molecule has 0 amide bonds. The molecule has 4 nitrogen and oxygen atoms in total. The summed E-state index contributed by atoms with van der Waals surface area (Å²) in [6.07, 6.45) is 4.20. The molecule has 0 aliphatic heterocycles. The van der Waals surface area contributed by atoms with Crippen molar-refractivity contribution in [2.75, 3.05) is 26.4 Å². The number of benzene rings is 3. The van der Waals surface area contributed by atoms with E-state index in [1.807, 2.05) is 36.4 Å². The Balaban J connectivity index is 2.01.